The summed E-state index contributed by atoms with van der Waals surface area (Å²) in [4.78, 5) is 12.5. The van der Waals surface area contributed by atoms with E-state index < -0.39 is 5.92 Å². The molecule has 2 rings (SSSR count). The van der Waals surface area contributed by atoms with Gasteiger partial charge in [-0.15, -0.1) is 0 Å². The molecule has 1 unspecified atom stereocenters. The van der Waals surface area contributed by atoms with Gasteiger partial charge in [0.05, 0.1) is 6.07 Å². The molecule has 0 saturated carbocycles. The highest BCUT2D eigenvalue weighted by Crippen LogP contribution is 2.22. The van der Waals surface area contributed by atoms with Gasteiger partial charge in [-0.3, -0.25) is 4.79 Å². The molecule has 2 aromatic rings. The predicted molar refractivity (Wildman–Crippen MR) is 75.0 cm³/mol. The van der Waals surface area contributed by atoms with Crippen LogP contribution in [0.1, 0.15) is 33.0 Å². The number of hydrogen-bond acceptors (Lipinski definition) is 2. The normalized spacial score (nSPS) is 11.6. The van der Waals surface area contributed by atoms with Crippen molar-refractivity contribution in [2.24, 2.45) is 0 Å². The zero-order valence-electron chi connectivity index (χ0n) is 11.1. The van der Waals surface area contributed by atoms with Crippen LogP contribution in [0.5, 0.6) is 0 Å². The van der Waals surface area contributed by atoms with Crippen LogP contribution in [0.3, 0.4) is 0 Å². The molecule has 0 aromatic heterocycles. The quantitative estimate of drug-likeness (QED) is 0.776. The highest BCUT2D eigenvalue weighted by atomic mass is 16.1. The van der Waals surface area contributed by atoms with E-state index in [0.717, 1.165) is 16.7 Å². The maximum absolute atomic E-state index is 12.5. The van der Waals surface area contributed by atoms with Gasteiger partial charge in [0.1, 0.15) is 5.92 Å². The average Bonchev–Trinajstić information content (AvgIpc) is 2.40. The molecule has 94 valence electrons. The zero-order valence-corrected chi connectivity index (χ0v) is 11.1. The van der Waals surface area contributed by atoms with Gasteiger partial charge in [0.2, 0.25) is 0 Å². The Kier molecular flexibility index (Phi) is 3.77. The van der Waals surface area contributed by atoms with Crippen LogP contribution in [0.2, 0.25) is 0 Å². The number of rotatable bonds is 3. The van der Waals surface area contributed by atoms with Crippen LogP contribution in [-0.2, 0) is 0 Å². The third kappa shape index (κ3) is 2.71. The molecule has 19 heavy (non-hydrogen) atoms. The third-order valence-corrected chi connectivity index (χ3v) is 3.18. The summed E-state index contributed by atoms with van der Waals surface area (Å²) in [6, 6.07) is 17.1. The van der Waals surface area contributed by atoms with Crippen LogP contribution in [0, 0.1) is 25.2 Å². The minimum absolute atomic E-state index is 0.133. The number of nitrogens with zero attached hydrogens (tertiary/aromatic N) is 1. The lowest BCUT2D eigenvalue weighted by atomic mass is 9.89. The van der Waals surface area contributed by atoms with Crippen LogP contribution in [0.25, 0.3) is 0 Å². The Morgan fingerprint density at radius 2 is 1.84 bits per heavy atom. The Labute approximate surface area is 113 Å². The van der Waals surface area contributed by atoms with E-state index in [1.807, 2.05) is 56.3 Å². The Morgan fingerprint density at radius 1 is 1.11 bits per heavy atom. The molecule has 1 atom stereocenters. The standard InChI is InChI=1S/C17H15NO/c1-12-6-5-8-14(10-12)16(11-18)17(19)15-9-4-3-7-13(15)2/h3-10,16H,1-2H3. The lowest BCUT2D eigenvalue weighted by molar-refractivity contribution is 0.0978. The molecule has 2 heteroatoms. The van der Waals surface area contributed by atoms with E-state index in [1.165, 1.54) is 0 Å². The summed E-state index contributed by atoms with van der Waals surface area (Å²) >= 11 is 0. The van der Waals surface area contributed by atoms with Crippen LogP contribution >= 0.6 is 0 Å². The number of hydrogen-bond donors (Lipinski definition) is 0. The van der Waals surface area contributed by atoms with Crippen molar-refractivity contribution in [3.05, 3.63) is 70.8 Å². The van der Waals surface area contributed by atoms with Crippen LogP contribution in [-0.4, -0.2) is 5.78 Å². The molecule has 2 nitrogen and oxygen atoms in total. The number of carbonyl (C=O) groups excluding carboxylic acids is 1. The van der Waals surface area contributed by atoms with Crippen LogP contribution in [0.4, 0.5) is 0 Å². The number of ketones is 1. The Morgan fingerprint density at radius 3 is 2.47 bits per heavy atom. The van der Waals surface area contributed by atoms with E-state index in [9.17, 15) is 10.1 Å². The maximum Gasteiger partial charge on any atom is 0.184 e. The fourth-order valence-corrected chi connectivity index (χ4v) is 2.14. The summed E-state index contributed by atoms with van der Waals surface area (Å²) in [5.74, 6) is -0.868. The van der Waals surface area contributed by atoms with Crippen molar-refractivity contribution >= 4 is 5.78 Å². The second-order valence-corrected chi connectivity index (χ2v) is 4.66. The molecule has 0 aliphatic rings. The summed E-state index contributed by atoms with van der Waals surface area (Å²) in [7, 11) is 0. The molecular formula is C17H15NO. The van der Waals surface area contributed by atoms with E-state index in [2.05, 4.69) is 6.07 Å². The molecule has 0 spiro atoms. The van der Waals surface area contributed by atoms with E-state index in [4.69, 9.17) is 0 Å². The highest BCUT2D eigenvalue weighted by Gasteiger charge is 2.22. The maximum atomic E-state index is 12.5. The van der Waals surface area contributed by atoms with Gasteiger partial charge in [0, 0.05) is 5.56 Å². The molecule has 0 saturated heterocycles. The number of benzene rings is 2. The molecule has 0 radical (unpaired) electrons. The van der Waals surface area contributed by atoms with E-state index in [-0.39, 0.29) is 5.78 Å². The first-order valence-corrected chi connectivity index (χ1v) is 6.19. The molecular weight excluding hydrogens is 234 g/mol. The molecule has 0 heterocycles. The fraction of sp³-hybridized carbons (Fsp3) is 0.176. The fourth-order valence-electron chi connectivity index (χ4n) is 2.14. The van der Waals surface area contributed by atoms with E-state index in [1.54, 1.807) is 6.07 Å². The number of carbonyl (C=O) groups is 1. The largest absolute Gasteiger partial charge is 0.292 e. The molecule has 2 aromatic carbocycles. The minimum atomic E-state index is -0.735. The molecule has 0 amide bonds. The third-order valence-electron chi connectivity index (χ3n) is 3.18. The summed E-state index contributed by atoms with van der Waals surface area (Å²) in [6.45, 7) is 3.84. The first-order chi connectivity index (χ1) is 9.13. The van der Waals surface area contributed by atoms with Crippen molar-refractivity contribution in [2.45, 2.75) is 19.8 Å². The predicted octanol–water partition coefficient (Wildman–Crippen LogP) is 3.79. The second kappa shape index (κ2) is 5.49. The van der Waals surface area contributed by atoms with Crippen molar-refractivity contribution in [1.82, 2.24) is 0 Å². The van der Waals surface area contributed by atoms with E-state index >= 15 is 0 Å². The van der Waals surface area contributed by atoms with Gasteiger partial charge in [-0.05, 0) is 25.0 Å². The van der Waals surface area contributed by atoms with Crippen LogP contribution < -0.4 is 0 Å². The summed E-state index contributed by atoms with van der Waals surface area (Å²) < 4.78 is 0. The van der Waals surface area contributed by atoms with Crippen molar-refractivity contribution < 1.29 is 4.79 Å². The smallest absolute Gasteiger partial charge is 0.184 e. The van der Waals surface area contributed by atoms with Crippen molar-refractivity contribution in [1.29, 1.82) is 5.26 Å². The molecule has 0 bridgehead atoms. The van der Waals surface area contributed by atoms with Gasteiger partial charge < -0.3 is 0 Å². The monoisotopic (exact) mass is 249 g/mol. The highest BCUT2D eigenvalue weighted by molar-refractivity contribution is 6.03. The first-order valence-electron chi connectivity index (χ1n) is 6.19. The van der Waals surface area contributed by atoms with E-state index in [0.29, 0.717) is 5.56 Å². The van der Waals surface area contributed by atoms with Gasteiger partial charge >= 0.3 is 0 Å². The summed E-state index contributed by atoms with van der Waals surface area (Å²) in [6.07, 6.45) is 0. The topological polar surface area (TPSA) is 40.9 Å². The summed E-state index contributed by atoms with van der Waals surface area (Å²) in [5.41, 5.74) is 3.34. The van der Waals surface area contributed by atoms with Gasteiger partial charge in [-0.1, -0.05) is 54.1 Å². The lowest BCUT2D eigenvalue weighted by Gasteiger charge is -2.11. The van der Waals surface area contributed by atoms with Gasteiger partial charge in [0.15, 0.2) is 5.78 Å². The Balaban J connectivity index is 2.42. The number of Topliss-reactive ketones (excluding diaryl/α,β-unsaturated/α-hetero) is 1. The van der Waals surface area contributed by atoms with Crippen LogP contribution in [0.15, 0.2) is 48.5 Å². The minimum Gasteiger partial charge on any atom is -0.292 e. The Hall–Kier alpha value is -2.40. The van der Waals surface area contributed by atoms with Gasteiger partial charge in [-0.2, -0.15) is 5.26 Å². The average molecular weight is 249 g/mol. The van der Waals surface area contributed by atoms with Crippen molar-refractivity contribution in [3.63, 3.8) is 0 Å². The first kappa shape index (κ1) is 13.0. The van der Waals surface area contributed by atoms with Gasteiger partial charge in [0.25, 0.3) is 0 Å². The van der Waals surface area contributed by atoms with Gasteiger partial charge in [-0.25, -0.2) is 0 Å². The summed E-state index contributed by atoms with van der Waals surface area (Å²) in [5, 5.41) is 9.32. The lowest BCUT2D eigenvalue weighted by Crippen LogP contribution is -2.12. The SMILES string of the molecule is Cc1cccc(C(C#N)C(=O)c2ccccc2C)c1. The van der Waals surface area contributed by atoms with Crippen molar-refractivity contribution in [2.75, 3.05) is 0 Å². The Bertz CT molecular complexity index is 652. The number of aryl methyl sites for hydroxylation is 2. The number of nitriles is 1. The van der Waals surface area contributed by atoms with Crippen molar-refractivity contribution in [3.8, 4) is 6.07 Å². The second-order valence-electron chi connectivity index (χ2n) is 4.66. The molecule has 0 fully saturated rings. The molecule has 0 N–H and O–H groups in total. The molecule has 0 aliphatic heterocycles. The molecule has 0 aliphatic carbocycles. The zero-order chi connectivity index (χ0) is 13.8.